The minimum Gasteiger partial charge on any atom is -0.229 e. The maximum absolute atomic E-state index is 10.9. The molecule has 1 aliphatic carbocycles. The Morgan fingerprint density at radius 1 is 1.43 bits per heavy atom. The van der Waals surface area contributed by atoms with E-state index in [1.807, 2.05) is 0 Å². The van der Waals surface area contributed by atoms with Crippen molar-refractivity contribution >= 4 is 34.2 Å². The van der Waals surface area contributed by atoms with Crippen LogP contribution in [0.2, 0.25) is 0 Å². The van der Waals surface area contributed by atoms with Crippen molar-refractivity contribution < 1.29 is 8.42 Å². The first-order valence-electron chi connectivity index (χ1n) is 4.84. The van der Waals surface area contributed by atoms with Gasteiger partial charge >= 0.3 is 0 Å². The average Bonchev–Trinajstić information content (AvgIpc) is 2.00. The van der Waals surface area contributed by atoms with Gasteiger partial charge in [-0.2, -0.15) is 24.4 Å². The van der Waals surface area contributed by atoms with Gasteiger partial charge in [-0.25, -0.2) is 8.42 Å². The van der Waals surface area contributed by atoms with Gasteiger partial charge in [0.15, 0.2) is 0 Å². The molecule has 5 heteroatoms. The van der Waals surface area contributed by atoms with Crippen LogP contribution in [-0.2, 0) is 9.84 Å². The summed E-state index contributed by atoms with van der Waals surface area (Å²) in [7, 11) is -2.78. The number of sulfone groups is 1. The fourth-order valence-corrected chi connectivity index (χ4v) is 4.75. The summed E-state index contributed by atoms with van der Waals surface area (Å²) in [5.41, 5.74) is 0.422. The molecule has 1 saturated carbocycles. The minimum absolute atomic E-state index is 0.306. The highest BCUT2D eigenvalue weighted by molar-refractivity contribution is 8.00. The molecule has 0 radical (unpaired) electrons. The van der Waals surface area contributed by atoms with Gasteiger partial charge in [0.05, 0.1) is 5.75 Å². The van der Waals surface area contributed by atoms with Crippen LogP contribution in [0.15, 0.2) is 0 Å². The van der Waals surface area contributed by atoms with Crippen LogP contribution in [0.5, 0.6) is 0 Å². The largest absolute Gasteiger partial charge is 0.229 e. The Bertz CT molecular complexity index is 262. The summed E-state index contributed by atoms with van der Waals surface area (Å²) < 4.78 is 21.8. The zero-order valence-electron chi connectivity index (χ0n) is 8.53. The van der Waals surface area contributed by atoms with Crippen molar-refractivity contribution in [3.63, 3.8) is 0 Å². The maximum atomic E-state index is 10.9. The van der Waals surface area contributed by atoms with E-state index in [2.05, 4.69) is 12.6 Å². The second kappa shape index (κ2) is 5.12. The molecule has 0 aromatic carbocycles. The van der Waals surface area contributed by atoms with Gasteiger partial charge in [0.2, 0.25) is 0 Å². The first-order chi connectivity index (χ1) is 6.47. The van der Waals surface area contributed by atoms with Crippen molar-refractivity contribution in [3.8, 4) is 0 Å². The minimum atomic E-state index is -2.78. The van der Waals surface area contributed by atoms with Crippen molar-refractivity contribution in [1.82, 2.24) is 0 Å². The molecule has 0 aromatic heterocycles. The molecule has 0 unspecified atom stereocenters. The lowest BCUT2D eigenvalue weighted by atomic mass is 9.72. The number of rotatable bonds is 6. The fraction of sp³-hybridized carbons (Fsp3) is 1.00. The van der Waals surface area contributed by atoms with Crippen LogP contribution in [0.4, 0.5) is 0 Å². The molecule has 0 aromatic rings. The molecule has 84 valence electrons. The highest BCUT2D eigenvalue weighted by Crippen LogP contribution is 2.44. The first kappa shape index (κ1) is 12.7. The van der Waals surface area contributed by atoms with Crippen molar-refractivity contribution in [2.24, 2.45) is 5.41 Å². The summed E-state index contributed by atoms with van der Waals surface area (Å²) >= 11 is 6.12. The van der Waals surface area contributed by atoms with Crippen LogP contribution in [0.25, 0.3) is 0 Å². The SMILES string of the molecule is CS(=O)(=O)CCSCC1(CS)CCC1. The first-order valence-corrected chi connectivity index (χ1v) is 8.69. The lowest BCUT2D eigenvalue weighted by Gasteiger charge is -2.40. The second-order valence-electron chi connectivity index (χ2n) is 4.19. The average molecular weight is 254 g/mol. The molecular formula is C9H18O2S3. The van der Waals surface area contributed by atoms with Gasteiger partial charge in [-0.05, 0) is 29.8 Å². The predicted molar refractivity (Wildman–Crippen MR) is 67.2 cm³/mol. The lowest BCUT2D eigenvalue weighted by molar-refractivity contribution is 0.205. The third-order valence-electron chi connectivity index (χ3n) is 2.76. The van der Waals surface area contributed by atoms with E-state index in [-0.39, 0.29) is 0 Å². The molecule has 0 heterocycles. The van der Waals surface area contributed by atoms with Gasteiger partial charge < -0.3 is 0 Å². The number of thioether (sulfide) groups is 1. The Kier molecular flexibility index (Phi) is 4.65. The van der Waals surface area contributed by atoms with Gasteiger partial charge in [0.25, 0.3) is 0 Å². The quantitative estimate of drug-likeness (QED) is 0.580. The van der Waals surface area contributed by atoms with E-state index in [9.17, 15) is 8.42 Å². The van der Waals surface area contributed by atoms with E-state index in [0.717, 1.165) is 17.3 Å². The summed E-state index contributed by atoms with van der Waals surface area (Å²) in [6, 6.07) is 0. The van der Waals surface area contributed by atoms with Gasteiger partial charge in [-0.15, -0.1) is 0 Å². The third kappa shape index (κ3) is 4.03. The monoisotopic (exact) mass is 254 g/mol. The molecule has 1 fully saturated rings. The molecule has 0 N–H and O–H groups in total. The molecule has 2 nitrogen and oxygen atoms in total. The molecular weight excluding hydrogens is 236 g/mol. The second-order valence-corrected chi connectivity index (χ2v) is 7.88. The summed E-state index contributed by atoms with van der Waals surface area (Å²) in [6.45, 7) is 0. The van der Waals surface area contributed by atoms with Crippen molar-refractivity contribution in [3.05, 3.63) is 0 Å². The van der Waals surface area contributed by atoms with Crippen LogP contribution < -0.4 is 0 Å². The summed E-state index contributed by atoms with van der Waals surface area (Å²) in [6.07, 6.45) is 5.14. The molecule has 0 atom stereocenters. The highest BCUT2D eigenvalue weighted by atomic mass is 32.2. The van der Waals surface area contributed by atoms with Gasteiger partial charge in [0, 0.05) is 12.0 Å². The predicted octanol–water partition coefficient (Wildman–Crippen LogP) is 1.86. The van der Waals surface area contributed by atoms with E-state index < -0.39 is 9.84 Å². The molecule has 0 saturated heterocycles. The molecule has 0 amide bonds. The lowest BCUT2D eigenvalue weighted by Crippen LogP contribution is -2.34. The Morgan fingerprint density at radius 3 is 2.43 bits per heavy atom. The molecule has 1 aliphatic rings. The summed E-state index contributed by atoms with van der Waals surface area (Å²) in [5, 5.41) is 0. The van der Waals surface area contributed by atoms with Crippen LogP contribution in [0, 0.1) is 5.41 Å². The van der Waals surface area contributed by atoms with Crippen LogP contribution in [0.3, 0.4) is 0 Å². The number of thiol groups is 1. The topological polar surface area (TPSA) is 34.1 Å². The van der Waals surface area contributed by atoms with E-state index >= 15 is 0 Å². The third-order valence-corrected chi connectivity index (χ3v) is 5.94. The smallest absolute Gasteiger partial charge is 0.148 e. The van der Waals surface area contributed by atoms with E-state index in [4.69, 9.17) is 0 Å². The Labute approximate surface area is 96.6 Å². The summed E-state index contributed by atoms with van der Waals surface area (Å²) in [4.78, 5) is 0. The van der Waals surface area contributed by atoms with Crippen LogP contribution in [0.1, 0.15) is 19.3 Å². The van der Waals surface area contributed by atoms with Crippen LogP contribution >= 0.6 is 24.4 Å². The molecule has 1 rings (SSSR count). The Balaban J connectivity index is 2.15. The summed E-state index contributed by atoms with van der Waals surface area (Å²) in [5.74, 6) is 3.06. The van der Waals surface area contributed by atoms with Crippen LogP contribution in [-0.4, -0.2) is 37.7 Å². The Hall–Kier alpha value is 0.650. The van der Waals surface area contributed by atoms with Crippen molar-refractivity contribution in [1.29, 1.82) is 0 Å². The maximum Gasteiger partial charge on any atom is 0.148 e. The van der Waals surface area contributed by atoms with Gasteiger partial charge in [0.1, 0.15) is 9.84 Å². The van der Waals surface area contributed by atoms with Crippen molar-refractivity contribution in [2.45, 2.75) is 19.3 Å². The van der Waals surface area contributed by atoms with Crippen molar-refractivity contribution in [2.75, 3.05) is 29.3 Å². The normalized spacial score (nSPS) is 20.4. The van der Waals surface area contributed by atoms with E-state index in [0.29, 0.717) is 11.2 Å². The molecule has 0 bridgehead atoms. The zero-order valence-corrected chi connectivity index (χ0v) is 11.1. The van der Waals surface area contributed by atoms with E-state index in [1.54, 1.807) is 11.8 Å². The van der Waals surface area contributed by atoms with Gasteiger partial charge in [-0.1, -0.05) is 6.42 Å². The van der Waals surface area contributed by atoms with E-state index in [1.165, 1.54) is 25.5 Å². The number of hydrogen-bond donors (Lipinski definition) is 1. The Morgan fingerprint density at radius 2 is 2.07 bits per heavy atom. The number of hydrogen-bond acceptors (Lipinski definition) is 4. The molecule has 0 spiro atoms. The molecule has 0 aliphatic heterocycles. The fourth-order valence-electron chi connectivity index (χ4n) is 1.52. The highest BCUT2D eigenvalue weighted by Gasteiger charge is 2.35. The molecule has 14 heavy (non-hydrogen) atoms. The standard InChI is InChI=1S/C9H18O2S3/c1-14(10,11)6-5-13-8-9(7-12)3-2-4-9/h12H,2-8H2,1H3. The zero-order chi connectivity index (χ0) is 10.7. The van der Waals surface area contributed by atoms with Gasteiger partial charge in [-0.3, -0.25) is 0 Å².